The fourth-order valence-electron chi connectivity index (χ4n) is 2.33. The van der Waals surface area contributed by atoms with E-state index in [4.69, 9.17) is 9.47 Å². The maximum Gasteiger partial charge on any atom is 0.120 e. The molecule has 2 aliphatic rings. The van der Waals surface area contributed by atoms with Gasteiger partial charge in [-0.25, -0.2) is 0 Å². The number of nitrogens with one attached hydrogen (secondary N) is 1. The molecule has 0 aromatic heterocycles. The van der Waals surface area contributed by atoms with Crippen molar-refractivity contribution in [3.8, 4) is 5.75 Å². The molecule has 3 rings (SSSR count). The highest BCUT2D eigenvalue weighted by atomic mass is 16.5. The van der Waals surface area contributed by atoms with Crippen molar-refractivity contribution in [3.05, 3.63) is 29.3 Å². The molecule has 3 nitrogen and oxygen atoms in total. The Bertz CT molecular complexity index is 372. The molecule has 1 aromatic rings. The van der Waals surface area contributed by atoms with Crippen LogP contribution in [0, 0.1) is 0 Å². The molecule has 3 heteroatoms. The zero-order valence-corrected chi connectivity index (χ0v) is 9.37. The molecule has 1 N–H and O–H groups in total. The van der Waals surface area contributed by atoms with Crippen molar-refractivity contribution < 1.29 is 9.47 Å². The molecule has 0 atom stereocenters. The highest BCUT2D eigenvalue weighted by Crippen LogP contribution is 2.24. The maximum absolute atomic E-state index is 5.97. The zero-order valence-electron chi connectivity index (χ0n) is 9.37. The van der Waals surface area contributed by atoms with Gasteiger partial charge < -0.3 is 14.8 Å². The summed E-state index contributed by atoms with van der Waals surface area (Å²) in [7, 11) is 0. The third kappa shape index (κ3) is 2.06. The minimum atomic E-state index is 0.334. The van der Waals surface area contributed by atoms with Gasteiger partial charge in [0.25, 0.3) is 0 Å². The van der Waals surface area contributed by atoms with E-state index in [0.717, 1.165) is 44.9 Å². The van der Waals surface area contributed by atoms with Gasteiger partial charge in [0.05, 0.1) is 13.2 Å². The molecule has 2 aliphatic heterocycles. The first-order valence-corrected chi connectivity index (χ1v) is 5.99. The molecule has 0 spiro atoms. The summed E-state index contributed by atoms with van der Waals surface area (Å²) in [6, 6.07) is 6.43. The topological polar surface area (TPSA) is 30.5 Å². The Morgan fingerprint density at radius 1 is 1.12 bits per heavy atom. The van der Waals surface area contributed by atoms with Crippen LogP contribution in [-0.4, -0.2) is 19.3 Å². The maximum atomic E-state index is 5.97. The van der Waals surface area contributed by atoms with Gasteiger partial charge in [-0.1, -0.05) is 6.07 Å². The van der Waals surface area contributed by atoms with Crippen molar-refractivity contribution in [2.45, 2.75) is 32.0 Å². The van der Waals surface area contributed by atoms with Crippen LogP contribution in [0.25, 0.3) is 0 Å². The molecule has 1 aromatic carbocycles. The number of ether oxygens (including phenoxy) is 2. The molecule has 86 valence electrons. The van der Waals surface area contributed by atoms with E-state index in [1.165, 1.54) is 11.1 Å². The van der Waals surface area contributed by atoms with Crippen molar-refractivity contribution >= 4 is 0 Å². The lowest BCUT2D eigenvalue weighted by Crippen LogP contribution is -2.25. The van der Waals surface area contributed by atoms with E-state index >= 15 is 0 Å². The zero-order chi connectivity index (χ0) is 10.8. The summed E-state index contributed by atoms with van der Waals surface area (Å²) in [5, 5.41) is 3.34. The third-order valence-electron chi connectivity index (χ3n) is 3.28. The lowest BCUT2D eigenvalue weighted by molar-refractivity contribution is 0.0255. The Kier molecular flexibility index (Phi) is 2.80. The van der Waals surface area contributed by atoms with Gasteiger partial charge in [0.2, 0.25) is 0 Å². The quantitative estimate of drug-likeness (QED) is 0.823. The van der Waals surface area contributed by atoms with Gasteiger partial charge in [-0.3, -0.25) is 0 Å². The summed E-state index contributed by atoms with van der Waals surface area (Å²) in [5.74, 6) is 1.01. The second-order valence-electron chi connectivity index (χ2n) is 4.46. The molecule has 1 fully saturated rings. The molecule has 2 heterocycles. The number of benzene rings is 1. The first-order valence-electron chi connectivity index (χ1n) is 5.99. The van der Waals surface area contributed by atoms with Crippen LogP contribution in [-0.2, 0) is 17.8 Å². The van der Waals surface area contributed by atoms with Gasteiger partial charge in [0, 0.05) is 25.9 Å². The van der Waals surface area contributed by atoms with E-state index in [1.807, 2.05) is 0 Å². The van der Waals surface area contributed by atoms with Crippen LogP contribution in [0.3, 0.4) is 0 Å². The van der Waals surface area contributed by atoms with Crippen LogP contribution in [0.4, 0.5) is 0 Å². The predicted octanol–water partition coefficient (Wildman–Crippen LogP) is 1.85. The van der Waals surface area contributed by atoms with Crippen LogP contribution in [0.5, 0.6) is 5.75 Å². The molecular weight excluding hydrogens is 202 g/mol. The van der Waals surface area contributed by atoms with E-state index in [9.17, 15) is 0 Å². The molecule has 0 aliphatic carbocycles. The normalized spacial score (nSPS) is 20.8. The SMILES string of the molecule is c1cc2c(cc1OC1CCOCC1)CNC2. The van der Waals surface area contributed by atoms with E-state index in [2.05, 4.69) is 23.5 Å². The molecule has 0 bridgehead atoms. The fraction of sp³-hybridized carbons (Fsp3) is 0.538. The average molecular weight is 219 g/mol. The van der Waals surface area contributed by atoms with Gasteiger partial charge in [0.15, 0.2) is 0 Å². The lowest BCUT2D eigenvalue weighted by Gasteiger charge is -2.23. The standard InChI is InChI=1S/C13H17NO2/c1-2-13(7-11-9-14-8-10(1)11)16-12-3-5-15-6-4-12/h1-2,7,12,14H,3-6,8-9H2. The molecular formula is C13H17NO2. The first kappa shape index (κ1) is 10.1. The summed E-state index contributed by atoms with van der Waals surface area (Å²) in [5.41, 5.74) is 2.78. The van der Waals surface area contributed by atoms with E-state index in [1.54, 1.807) is 0 Å². The molecule has 1 saturated heterocycles. The van der Waals surface area contributed by atoms with Gasteiger partial charge in [-0.2, -0.15) is 0 Å². The number of rotatable bonds is 2. The van der Waals surface area contributed by atoms with Crippen molar-refractivity contribution in [3.63, 3.8) is 0 Å². The van der Waals surface area contributed by atoms with Crippen LogP contribution >= 0.6 is 0 Å². The van der Waals surface area contributed by atoms with Crippen LogP contribution in [0.1, 0.15) is 24.0 Å². The Hall–Kier alpha value is -1.06. The van der Waals surface area contributed by atoms with Gasteiger partial charge >= 0.3 is 0 Å². The van der Waals surface area contributed by atoms with E-state index < -0.39 is 0 Å². The van der Waals surface area contributed by atoms with Crippen molar-refractivity contribution in [1.82, 2.24) is 5.32 Å². The molecule has 16 heavy (non-hydrogen) atoms. The molecule has 0 amide bonds. The van der Waals surface area contributed by atoms with Gasteiger partial charge in [-0.15, -0.1) is 0 Å². The second kappa shape index (κ2) is 4.44. The Morgan fingerprint density at radius 2 is 1.94 bits per heavy atom. The highest BCUT2D eigenvalue weighted by Gasteiger charge is 2.16. The largest absolute Gasteiger partial charge is 0.490 e. The Morgan fingerprint density at radius 3 is 2.81 bits per heavy atom. The predicted molar refractivity (Wildman–Crippen MR) is 61.5 cm³/mol. The average Bonchev–Trinajstić information content (AvgIpc) is 2.77. The van der Waals surface area contributed by atoms with Crippen LogP contribution < -0.4 is 10.1 Å². The summed E-state index contributed by atoms with van der Waals surface area (Å²) >= 11 is 0. The van der Waals surface area contributed by atoms with Gasteiger partial charge in [0.1, 0.15) is 11.9 Å². The summed E-state index contributed by atoms with van der Waals surface area (Å²) in [4.78, 5) is 0. The highest BCUT2D eigenvalue weighted by molar-refractivity contribution is 5.37. The summed E-state index contributed by atoms with van der Waals surface area (Å²) in [6.07, 6.45) is 2.35. The lowest BCUT2D eigenvalue weighted by atomic mass is 10.1. The first-order chi connectivity index (χ1) is 7.92. The van der Waals surface area contributed by atoms with Crippen molar-refractivity contribution in [2.75, 3.05) is 13.2 Å². The number of hydrogen-bond acceptors (Lipinski definition) is 3. The van der Waals surface area contributed by atoms with Crippen LogP contribution in [0.2, 0.25) is 0 Å². The summed E-state index contributed by atoms with van der Waals surface area (Å²) in [6.45, 7) is 3.63. The van der Waals surface area contributed by atoms with E-state index in [-0.39, 0.29) is 0 Å². The van der Waals surface area contributed by atoms with Crippen LogP contribution in [0.15, 0.2) is 18.2 Å². The van der Waals surface area contributed by atoms with Crippen molar-refractivity contribution in [1.29, 1.82) is 0 Å². The minimum absolute atomic E-state index is 0.334. The summed E-state index contributed by atoms with van der Waals surface area (Å²) < 4.78 is 11.3. The fourth-order valence-corrected chi connectivity index (χ4v) is 2.33. The minimum Gasteiger partial charge on any atom is -0.490 e. The monoisotopic (exact) mass is 219 g/mol. The van der Waals surface area contributed by atoms with Gasteiger partial charge in [-0.05, 0) is 23.3 Å². The Balaban J connectivity index is 1.69. The van der Waals surface area contributed by atoms with E-state index in [0.29, 0.717) is 6.10 Å². The molecule has 0 unspecified atom stereocenters. The third-order valence-corrected chi connectivity index (χ3v) is 3.28. The molecule has 0 radical (unpaired) electrons. The number of fused-ring (bicyclic) bond motifs is 1. The van der Waals surface area contributed by atoms with Crippen molar-refractivity contribution in [2.24, 2.45) is 0 Å². The molecule has 0 saturated carbocycles. The Labute approximate surface area is 95.8 Å². The smallest absolute Gasteiger partial charge is 0.120 e. The number of hydrogen-bond donors (Lipinski definition) is 1. The second-order valence-corrected chi connectivity index (χ2v) is 4.46.